The monoisotopic (exact) mass is 463 g/mol. The van der Waals surface area contributed by atoms with Crippen LogP contribution in [0.3, 0.4) is 0 Å². The lowest BCUT2D eigenvalue weighted by Gasteiger charge is -2.16. The van der Waals surface area contributed by atoms with Gasteiger partial charge in [0.15, 0.2) is 0 Å². The Hall–Kier alpha value is -3.49. The predicted molar refractivity (Wildman–Crippen MR) is 128 cm³/mol. The van der Waals surface area contributed by atoms with E-state index >= 15 is 0 Å². The van der Waals surface area contributed by atoms with Gasteiger partial charge in [0.05, 0.1) is 4.90 Å². The molecule has 3 aromatic rings. The van der Waals surface area contributed by atoms with Crippen LogP contribution in [0, 0.1) is 6.92 Å². The van der Waals surface area contributed by atoms with Crippen molar-refractivity contribution in [1.82, 2.24) is 4.72 Å². The Morgan fingerprint density at radius 3 is 2.39 bits per heavy atom. The highest BCUT2D eigenvalue weighted by Gasteiger charge is 2.22. The van der Waals surface area contributed by atoms with E-state index in [1.54, 1.807) is 48.2 Å². The largest absolute Gasteiger partial charge is 0.322 e. The maximum absolute atomic E-state index is 12.9. The Morgan fingerprint density at radius 2 is 1.73 bits per heavy atom. The zero-order valence-corrected chi connectivity index (χ0v) is 19.1. The zero-order valence-electron chi connectivity index (χ0n) is 18.2. The number of sulfonamides is 1. The second-order valence-electron chi connectivity index (χ2n) is 7.94. The van der Waals surface area contributed by atoms with Crippen LogP contribution < -0.4 is 14.9 Å². The minimum Gasteiger partial charge on any atom is -0.322 e. The van der Waals surface area contributed by atoms with Crippen molar-refractivity contribution < 1.29 is 18.0 Å². The third-order valence-electron chi connectivity index (χ3n) is 5.56. The first-order chi connectivity index (χ1) is 15.8. The number of nitrogens with one attached hydrogen (secondary N) is 2. The molecule has 1 fully saturated rings. The Labute approximate surface area is 193 Å². The average Bonchev–Trinajstić information content (AvgIpc) is 3.25. The van der Waals surface area contributed by atoms with Crippen molar-refractivity contribution in [3.8, 4) is 0 Å². The van der Waals surface area contributed by atoms with Gasteiger partial charge in [0.25, 0.3) is 5.91 Å². The standard InChI is InChI=1S/C25H25N3O4S/c1-18-9-10-20(16-23(18)33(31,32)26-17-19-6-3-2-4-7-19)25(30)27-21-11-13-22(14-12-21)28-15-5-8-24(28)29/h2-4,6-7,9-14,16,26H,5,8,15,17H2,1H3,(H,27,30). The first-order valence-electron chi connectivity index (χ1n) is 10.7. The van der Waals surface area contributed by atoms with Gasteiger partial charge in [-0.05, 0) is 60.9 Å². The second-order valence-corrected chi connectivity index (χ2v) is 9.68. The third-order valence-corrected chi connectivity index (χ3v) is 7.10. The maximum atomic E-state index is 12.9. The maximum Gasteiger partial charge on any atom is 0.255 e. The van der Waals surface area contributed by atoms with Crippen molar-refractivity contribution in [3.05, 3.63) is 89.5 Å². The number of hydrogen-bond acceptors (Lipinski definition) is 4. The fourth-order valence-electron chi connectivity index (χ4n) is 3.73. The summed E-state index contributed by atoms with van der Waals surface area (Å²) in [6.07, 6.45) is 1.40. The van der Waals surface area contributed by atoms with Crippen LogP contribution >= 0.6 is 0 Å². The van der Waals surface area contributed by atoms with E-state index in [9.17, 15) is 18.0 Å². The molecule has 1 aliphatic heterocycles. The van der Waals surface area contributed by atoms with Crippen molar-refractivity contribution in [2.75, 3.05) is 16.8 Å². The van der Waals surface area contributed by atoms with Gasteiger partial charge in [-0.25, -0.2) is 13.1 Å². The molecule has 33 heavy (non-hydrogen) atoms. The summed E-state index contributed by atoms with van der Waals surface area (Å²) in [6.45, 7) is 2.55. The molecular weight excluding hydrogens is 438 g/mol. The fraction of sp³-hybridized carbons (Fsp3) is 0.200. The van der Waals surface area contributed by atoms with Crippen LogP contribution in [0.25, 0.3) is 0 Å². The van der Waals surface area contributed by atoms with Crippen LogP contribution in [0.15, 0.2) is 77.7 Å². The van der Waals surface area contributed by atoms with Gasteiger partial charge in [0, 0.05) is 36.4 Å². The van der Waals surface area contributed by atoms with Gasteiger partial charge in [0.1, 0.15) is 0 Å². The third kappa shape index (κ3) is 5.30. The second kappa shape index (κ2) is 9.56. The zero-order chi connectivity index (χ0) is 23.4. The molecule has 2 amide bonds. The van der Waals surface area contributed by atoms with E-state index in [-0.39, 0.29) is 22.9 Å². The summed E-state index contributed by atoms with van der Waals surface area (Å²) in [4.78, 5) is 26.5. The lowest BCUT2D eigenvalue weighted by atomic mass is 10.1. The van der Waals surface area contributed by atoms with E-state index in [2.05, 4.69) is 10.0 Å². The Morgan fingerprint density at radius 1 is 1.00 bits per heavy atom. The highest BCUT2D eigenvalue weighted by molar-refractivity contribution is 7.89. The van der Waals surface area contributed by atoms with Gasteiger partial charge in [-0.15, -0.1) is 0 Å². The number of carbonyl (C=O) groups excluding carboxylic acids is 2. The van der Waals surface area contributed by atoms with Crippen LogP contribution in [0.2, 0.25) is 0 Å². The normalized spacial score (nSPS) is 13.8. The lowest BCUT2D eigenvalue weighted by Crippen LogP contribution is -2.24. The number of aryl methyl sites for hydroxylation is 1. The van der Waals surface area contributed by atoms with E-state index in [0.717, 1.165) is 17.7 Å². The summed E-state index contributed by atoms with van der Waals surface area (Å²) in [5, 5.41) is 2.79. The summed E-state index contributed by atoms with van der Waals surface area (Å²) in [6, 6.07) is 20.9. The molecule has 1 saturated heterocycles. The SMILES string of the molecule is Cc1ccc(C(=O)Nc2ccc(N3CCCC3=O)cc2)cc1S(=O)(=O)NCc1ccccc1. The number of anilines is 2. The molecular formula is C25H25N3O4S. The minimum absolute atomic E-state index is 0.0639. The van der Waals surface area contributed by atoms with Crippen molar-refractivity contribution in [2.24, 2.45) is 0 Å². The van der Waals surface area contributed by atoms with E-state index < -0.39 is 15.9 Å². The lowest BCUT2D eigenvalue weighted by molar-refractivity contribution is -0.117. The van der Waals surface area contributed by atoms with Gasteiger partial charge in [0.2, 0.25) is 15.9 Å². The summed E-state index contributed by atoms with van der Waals surface area (Å²) < 4.78 is 28.3. The molecule has 1 heterocycles. The molecule has 0 unspecified atom stereocenters. The first kappa shape index (κ1) is 22.7. The van der Waals surface area contributed by atoms with E-state index in [1.165, 1.54) is 6.07 Å². The first-order valence-corrected chi connectivity index (χ1v) is 12.2. The van der Waals surface area contributed by atoms with Crippen LogP contribution in [0.1, 0.15) is 34.3 Å². The van der Waals surface area contributed by atoms with Gasteiger partial charge < -0.3 is 10.2 Å². The number of rotatable bonds is 7. The minimum atomic E-state index is -3.81. The molecule has 170 valence electrons. The molecule has 1 aliphatic rings. The van der Waals surface area contributed by atoms with Crippen LogP contribution in [-0.2, 0) is 21.4 Å². The summed E-state index contributed by atoms with van der Waals surface area (Å²) in [5.74, 6) is -0.319. The number of benzene rings is 3. The van der Waals surface area contributed by atoms with E-state index in [0.29, 0.717) is 24.2 Å². The van der Waals surface area contributed by atoms with Crippen molar-refractivity contribution in [2.45, 2.75) is 31.2 Å². The smallest absolute Gasteiger partial charge is 0.255 e. The molecule has 0 saturated carbocycles. The molecule has 3 aromatic carbocycles. The molecule has 0 aliphatic carbocycles. The topological polar surface area (TPSA) is 95.6 Å². The van der Waals surface area contributed by atoms with E-state index in [1.807, 2.05) is 30.3 Å². The molecule has 0 spiro atoms. The van der Waals surface area contributed by atoms with Gasteiger partial charge in [-0.2, -0.15) is 0 Å². The number of carbonyl (C=O) groups is 2. The predicted octanol–water partition coefficient (Wildman–Crippen LogP) is 3.85. The molecule has 8 heteroatoms. The molecule has 2 N–H and O–H groups in total. The molecule has 0 aromatic heterocycles. The molecule has 4 rings (SSSR count). The number of hydrogen-bond donors (Lipinski definition) is 2. The van der Waals surface area contributed by atoms with Crippen LogP contribution in [0.4, 0.5) is 11.4 Å². The van der Waals surface area contributed by atoms with Crippen LogP contribution in [-0.4, -0.2) is 26.8 Å². The number of amides is 2. The fourth-order valence-corrected chi connectivity index (χ4v) is 5.02. The summed E-state index contributed by atoms with van der Waals surface area (Å²) >= 11 is 0. The van der Waals surface area contributed by atoms with Crippen molar-refractivity contribution >= 4 is 33.2 Å². The van der Waals surface area contributed by atoms with Crippen molar-refractivity contribution in [3.63, 3.8) is 0 Å². The highest BCUT2D eigenvalue weighted by Crippen LogP contribution is 2.24. The number of nitrogens with zero attached hydrogens (tertiary/aromatic N) is 1. The molecule has 7 nitrogen and oxygen atoms in total. The Balaban J connectivity index is 1.47. The molecule has 0 bridgehead atoms. The quantitative estimate of drug-likeness (QED) is 0.556. The Bertz CT molecular complexity index is 1270. The van der Waals surface area contributed by atoms with Gasteiger partial charge in [-0.1, -0.05) is 36.4 Å². The summed E-state index contributed by atoms with van der Waals surface area (Å²) in [7, 11) is -3.81. The van der Waals surface area contributed by atoms with Crippen molar-refractivity contribution in [1.29, 1.82) is 0 Å². The van der Waals surface area contributed by atoms with Gasteiger partial charge >= 0.3 is 0 Å². The highest BCUT2D eigenvalue weighted by atomic mass is 32.2. The molecule has 0 atom stereocenters. The van der Waals surface area contributed by atoms with Crippen LogP contribution in [0.5, 0.6) is 0 Å². The van der Waals surface area contributed by atoms with Gasteiger partial charge in [-0.3, -0.25) is 9.59 Å². The average molecular weight is 464 g/mol. The van der Waals surface area contributed by atoms with E-state index in [4.69, 9.17) is 0 Å². The molecule has 0 radical (unpaired) electrons. The summed E-state index contributed by atoms with van der Waals surface area (Å²) in [5.41, 5.74) is 2.98. The Kier molecular flexibility index (Phi) is 6.57.